The molecule has 83 valence electrons. The standard InChI is InChI=1S/C12H17O3/c1-13-7-10-4-11(8-14-2)6-12(5-10)9-15-3/h4-5H,7-9H2,1-3H3. The highest BCUT2D eigenvalue weighted by atomic mass is 16.5. The van der Waals surface area contributed by atoms with Gasteiger partial charge in [0.15, 0.2) is 0 Å². The van der Waals surface area contributed by atoms with E-state index in [-0.39, 0.29) is 0 Å². The summed E-state index contributed by atoms with van der Waals surface area (Å²) in [6.45, 7) is 1.73. The van der Waals surface area contributed by atoms with Crippen molar-refractivity contribution in [3.8, 4) is 0 Å². The first-order valence-corrected chi connectivity index (χ1v) is 4.81. The fourth-order valence-electron chi connectivity index (χ4n) is 1.48. The maximum atomic E-state index is 5.10. The zero-order valence-corrected chi connectivity index (χ0v) is 9.50. The average Bonchev–Trinajstić information content (AvgIpc) is 2.19. The number of methoxy groups -OCH3 is 3. The van der Waals surface area contributed by atoms with E-state index in [0.717, 1.165) is 16.7 Å². The predicted molar refractivity (Wildman–Crippen MR) is 57.4 cm³/mol. The van der Waals surface area contributed by atoms with Gasteiger partial charge in [-0.15, -0.1) is 0 Å². The van der Waals surface area contributed by atoms with Crippen molar-refractivity contribution in [3.63, 3.8) is 0 Å². The van der Waals surface area contributed by atoms with Crippen LogP contribution in [0.2, 0.25) is 0 Å². The van der Waals surface area contributed by atoms with Gasteiger partial charge in [-0.1, -0.05) is 12.1 Å². The molecule has 0 bridgehead atoms. The van der Waals surface area contributed by atoms with Gasteiger partial charge in [0.25, 0.3) is 0 Å². The van der Waals surface area contributed by atoms with Crippen molar-refractivity contribution in [2.45, 2.75) is 19.8 Å². The molecule has 0 aliphatic carbocycles. The van der Waals surface area contributed by atoms with E-state index < -0.39 is 0 Å². The molecule has 3 heteroatoms. The summed E-state index contributed by atoms with van der Waals surface area (Å²) in [4.78, 5) is 0. The highest BCUT2D eigenvalue weighted by molar-refractivity contribution is 5.28. The first-order valence-electron chi connectivity index (χ1n) is 4.81. The zero-order chi connectivity index (χ0) is 11.1. The van der Waals surface area contributed by atoms with Gasteiger partial charge < -0.3 is 14.2 Å². The van der Waals surface area contributed by atoms with Crippen molar-refractivity contribution in [2.75, 3.05) is 21.3 Å². The highest BCUT2D eigenvalue weighted by Crippen LogP contribution is 2.12. The van der Waals surface area contributed by atoms with E-state index in [2.05, 4.69) is 6.07 Å². The molecule has 0 aromatic heterocycles. The second-order valence-electron chi connectivity index (χ2n) is 3.34. The minimum Gasteiger partial charge on any atom is -0.380 e. The van der Waals surface area contributed by atoms with E-state index in [1.165, 1.54) is 0 Å². The number of rotatable bonds is 6. The fourth-order valence-corrected chi connectivity index (χ4v) is 1.48. The van der Waals surface area contributed by atoms with Gasteiger partial charge in [-0.25, -0.2) is 0 Å². The van der Waals surface area contributed by atoms with Crippen molar-refractivity contribution in [3.05, 3.63) is 34.9 Å². The number of hydrogen-bond acceptors (Lipinski definition) is 3. The third-order valence-electron chi connectivity index (χ3n) is 1.95. The molecule has 0 spiro atoms. The second kappa shape index (κ2) is 6.56. The number of benzene rings is 1. The molecule has 0 aliphatic rings. The Hall–Kier alpha value is -0.900. The monoisotopic (exact) mass is 209 g/mol. The quantitative estimate of drug-likeness (QED) is 0.716. The largest absolute Gasteiger partial charge is 0.380 e. The van der Waals surface area contributed by atoms with Crippen LogP contribution in [0.5, 0.6) is 0 Å². The van der Waals surface area contributed by atoms with Gasteiger partial charge in [-0.05, 0) is 22.8 Å². The normalized spacial score (nSPS) is 10.6. The van der Waals surface area contributed by atoms with Gasteiger partial charge in [0.1, 0.15) is 0 Å². The van der Waals surface area contributed by atoms with Crippen molar-refractivity contribution in [1.29, 1.82) is 0 Å². The molecule has 15 heavy (non-hydrogen) atoms. The lowest BCUT2D eigenvalue weighted by molar-refractivity contribution is 0.175. The van der Waals surface area contributed by atoms with E-state index >= 15 is 0 Å². The van der Waals surface area contributed by atoms with Crippen LogP contribution in [-0.2, 0) is 34.0 Å². The molecule has 0 N–H and O–H groups in total. The lowest BCUT2D eigenvalue weighted by Crippen LogP contribution is -1.97. The lowest BCUT2D eigenvalue weighted by Gasteiger charge is -2.07. The molecule has 1 aromatic carbocycles. The molecular formula is C12H17O3. The summed E-state index contributed by atoms with van der Waals surface area (Å²) < 4.78 is 15.3. The third kappa shape index (κ3) is 4.00. The summed E-state index contributed by atoms with van der Waals surface area (Å²) in [6, 6.07) is 7.31. The third-order valence-corrected chi connectivity index (χ3v) is 1.95. The summed E-state index contributed by atoms with van der Waals surface area (Å²) in [5.41, 5.74) is 3.17. The molecule has 1 aromatic rings. The van der Waals surface area contributed by atoms with Crippen molar-refractivity contribution in [1.82, 2.24) is 0 Å². The molecule has 0 atom stereocenters. The Morgan fingerprint density at radius 3 is 1.73 bits per heavy atom. The Morgan fingerprint density at radius 2 is 1.33 bits per heavy atom. The number of ether oxygens (including phenoxy) is 3. The van der Waals surface area contributed by atoms with Gasteiger partial charge in [-0.2, -0.15) is 0 Å². The molecule has 0 saturated carbocycles. The lowest BCUT2D eigenvalue weighted by atomic mass is 10.1. The van der Waals surface area contributed by atoms with Crippen molar-refractivity contribution in [2.24, 2.45) is 0 Å². The van der Waals surface area contributed by atoms with E-state index in [1.54, 1.807) is 21.3 Å². The maximum Gasteiger partial charge on any atom is 0.0719 e. The fraction of sp³-hybridized carbons (Fsp3) is 0.500. The maximum absolute atomic E-state index is 5.10. The van der Waals surface area contributed by atoms with Gasteiger partial charge in [-0.3, -0.25) is 0 Å². The molecule has 0 aliphatic heterocycles. The van der Waals surface area contributed by atoms with Crippen LogP contribution in [0.3, 0.4) is 0 Å². The van der Waals surface area contributed by atoms with Crippen LogP contribution in [0, 0.1) is 6.07 Å². The molecule has 0 saturated heterocycles. The first kappa shape index (κ1) is 12.2. The van der Waals surface area contributed by atoms with E-state index in [4.69, 9.17) is 14.2 Å². The van der Waals surface area contributed by atoms with Gasteiger partial charge in [0, 0.05) is 21.3 Å². The van der Waals surface area contributed by atoms with Crippen LogP contribution >= 0.6 is 0 Å². The molecule has 0 unspecified atom stereocenters. The first-order chi connectivity index (χ1) is 7.30. The Balaban J connectivity index is 2.86. The predicted octanol–water partition coefficient (Wildman–Crippen LogP) is 1.93. The average molecular weight is 209 g/mol. The summed E-state index contributed by atoms with van der Waals surface area (Å²) >= 11 is 0. The van der Waals surface area contributed by atoms with Crippen molar-refractivity contribution >= 4 is 0 Å². The molecular weight excluding hydrogens is 192 g/mol. The van der Waals surface area contributed by atoms with E-state index in [0.29, 0.717) is 19.8 Å². The summed E-state index contributed by atoms with van der Waals surface area (Å²) in [6.07, 6.45) is 0. The zero-order valence-electron chi connectivity index (χ0n) is 9.50. The van der Waals surface area contributed by atoms with E-state index in [1.807, 2.05) is 12.1 Å². The molecule has 3 nitrogen and oxygen atoms in total. The highest BCUT2D eigenvalue weighted by Gasteiger charge is 2.01. The van der Waals surface area contributed by atoms with Crippen LogP contribution in [0.25, 0.3) is 0 Å². The molecule has 0 amide bonds. The van der Waals surface area contributed by atoms with Gasteiger partial charge in [0.05, 0.1) is 19.8 Å². The molecule has 1 rings (SSSR count). The van der Waals surface area contributed by atoms with E-state index in [9.17, 15) is 0 Å². The minimum absolute atomic E-state index is 0.564. The Morgan fingerprint density at radius 1 is 0.867 bits per heavy atom. The van der Waals surface area contributed by atoms with Gasteiger partial charge in [0.2, 0.25) is 0 Å². The van der Waals surface area contributed by atoms with Gasteiger partial charge >= 0.3 is 0 Å². The van der Waals surface area contributed by atoms with Crippen LogP contribution in [0.1, 0.15) is 16.7 Å². The van der Waals surface area contributed by atoms with Crippen molar-refractivity contribution < 1.29 is 14.2 Å². The van der Waals surface area contributed by atoms with Crippen LogP contribution in [0.15, 0.2) is 12.1 Å². The summed E-state index contributed by atoms with van der Waals surface area (Å²) in [5, 5.41) is 0. The Kier molecular flexibility index (Phi) is 5.32. The molecule has 0 fully saturated rings. The number of hydrogen-bond donors (Lipinski definition) is 0. The topological polar surface area (TPSA) is 27.7 Å². The Labute approximate surface area is 91.0 Å². The summed E-state index contributed by atoms with van der Waals surface area (Å²) in [7, 11) is 5.03. The Bertz CT molecular complexity index is 237. The minimum atomic E-state index is 0.564. The van der Waals surface area contributed by atoms with Crippen LogP contribution in [0.4, 0.5) is 0 Å². The van der Waals surface area contributed by atoms with Crippen LogP contribution in [-0.4, -0.2) is 21.3 Å². The SMILES string of the molecule is COCc1[c]c(COC)cc(COC)c1. The second-order valence-corrected chi connectivity index (χ2v) is 3.34. The smallest absolute Gasteiger partial charge is 0.0719 e. The molecule has 1 radical (unpaired) electrons. The molecule has 0 heterocycles. The summed E-state index contributed by atoms with van der Waals surface area (Å²) in [5.74, 6) is 0. The van der Waals surface area contributed by atoms with Crippen LogP contribution < -0.4 is 0 Å².